The molecule has 1 amide bonds. The average Bonchev–Trinajstić information content (AvgIpc) is 2.89. The first-order valence-electron chi connectivity index (χ1n) is 8.98. The largest absolute Gasteiger partial charge is 0.360 e. The van der Waals surface area contributed by atoms with Crippen molar-refractivity contribution in [3.8, 4) is 0 Å². The van der Waals surface area contributed by atoms with E-state index in [0.717, 1.165) is 26.2 Å². The van der Waals surface area contributed by atoms with E-state index in [1.54, 1.807) is 0 Å². The Labute approximate surface area is 150 Å². The lowest BCUT2D eigenvalue weighted by molar-refractivity contribution is -0.892. The van der Waals surface area contributed by atoms with Gasteiger partial charge in [-0.25, -0.2) is 8.42 Å². The minimum atomic E-state index is -2.95. The van der Waals surface area contributed by atoms with E-state index in [9.17, 15) is 13.2 Å². The van der Waals surface area contributed by atoms with Crippen LogP contribution in [0, 0.1) is 13.8 Å². The molecule has 3 rings (SSSR count). The number of nitrogens with zero attached hydrogens (tertiary/aromatic N) is 1. The van der Waals surface area contributed by atoms with E-state index in [1.165, 1.54) is 21.7 Å². The second-order valence-electron chi connectivity index (χ2n) is 7.30. The zero-order chi connectivity index (χ0) is 18.0. The number of benzene rings is 1. The van der Waals surface area contributed by atoms with Crippen LogP contribution in [0.3, 0.4) is 0 Å². The lowest BCUT2D eigenvalue weighted by Gasteiger charge is -2.34. The Balaban J connectivity index is 1.48. The number of carbonyl (C=O) groups excluding carboxylic acids is 1. The van der Waals surface area contributed by atoms with Crippen molar-refractivity contribution >= 4 is 21.4 Å². The molecule has 1 atom stereocenters. The first kappa shape index (κ1) is 18.2. The Hall–Kier alpha value is -1.60. The van der Waals surface area contributed by atoms with Gasteiger partial charge in [-0.15, -0.1) is 0 Å². The molecule has 1 aromatic rings. The summed E-state index contributed by atoms with van der Waals surface area (Å²) in [5.74, 6) is 0.255. The normalized spacial score (nSPS) is 23.6. The molecule has 0 unspecified atom stereocenters. The number of piperazine rings is 1. The highest BCUT2D eigenvalue weighted by Gasteiger charge is 2.30. The number of hydrogen-bond donors (Lipinski definition) is 2. The number of quaternary nitrogens is 1. The highest BCUT2D eigenvalue weighted by atomic mass is 32.2. The molecule has 2 aliphatic rings. The van der Waals surface area contributed by atoms with Crippen molar-refractivity contribution < 1.29 is 18.1 Å². The maximum Gasteiger partial charge on any atom is 0.275 e. The predicted octanol–water partition coefficient (Wildman–Crippen LogP) is -0.688. The number of nitrogens with one attached hydrogen (secondary N) is 2. The molecule has 2 N–H and O–H groups in total. The Bertz CT molecular complexity index is 740. The van der Waals surface area contributed by atoms with Crippen molar-refractivity contribution in [1.29, 1.82) is 0 Å². The van der Waals surface area contributed by atoms with Crippen LogP contribution in [-0.2, 0) is 14.6 Å². The summed E-state index contributed by atoms with van der Waals surface area (Å²) >= 11 is 0. The van der Waals surface area contributed by atoms with Crippen molar-refractivity contribution in [3.05, 3.63) is 29.3 Å². The van der Waals surface area contributed by atoms with Crippen LogP contribution in [0.15, 0.2) is 18.2 Å². The fourth-order valence-corrected chi connectivity index (χ4v) is 5.41. The van der Waals surface area contributed by atoms with E-state index >= 15 is 0 Å². The van der Waals surface area contributed by atoms with Gasteiger partial charge in [0.1, 0.15) is 0 Å². The highest BCUT2D eigenvalue weighted by Crippen LogP contribution is 2.22. The van der Waals surface area contributed by atoms with Crippen LogP contribution >= 0.6 is 0 Å². The second kappa shape index (κ2) is 7.33. The summed E-state index contributed by atoms with van der Waals surface area (Å²) in [7, 11) is -2.95. The van der Waals surface area contributed by atoms with Crippen molar-refractivity contribution in [2.24, 2.45) is 0 Å². The van der Waals surface area contributed by atoms with Gasteiger partial charge in [0.2, 0.25) is 0 Å². The van der Waals surface area contributed by atoms with Crippen LogP contribution in [-0.4, -0.2) is 64.6 Å². The minimum Gasteiger partial charge on any atom is -0.360 e. The zero-order valence-corrected chi connectivity index (χ0v) is 15.9. The minimum absolute atomic E-state index is 0.0303. The van der Waals surface area contributed by atoms with E-state index in [2.05, 4.69) is 42.3 Å². The van der Waals surface area contributed by atoms with E-state index in [-0.39, 0.29) is 23.5 Å². The Morgan fingerprint density at radius 2 is 2.00 bits per heavy atom. The third kappa shape index (κ3) is 4.52. The molecule has 0 aromatic heterocycles. The standard InChI is InChI=1S/C18H27N3O3S/c1-14-4-3-5-17(15(14)2)21-9-7-20(8-10-21)12-18(22)19-16-6-11-25(23,24)13-16/h3-5,16H,6-13H2,1-2H3,(H,19,22)/p+1/t16-/m0/s1. The molecule has 1 aromatic carbocycles. The van der Waals surface area contributed by atoms with Crippen LogP contribution in [0.5, 0.6) is 0 Å². The van der Waals surface area contributed by atoms with Crippen LogP contribution in [0.4, 0.5) is 5.69 Å². The molecule has 0 radical (unpaired) electrons. The maximum absolute atomic E-state index is 12.2. The van der Waals surface area contributed by atoms with Crippen molar-refractivity contribution in [2.75, 3.05) is 49.1 Å². The summed E-state index contributed by atoms with van der Waals surface area (Å²) in [5.41, 5.74) is 3.92. The molecule has 7 heteroatoms. The first-order valence-corrected chi connectivity index (χ1v) is 10.8. The number of rotatable bonds is 4. The van der Waals surface area contributed by atoms with Crippen LogP contribution in [0.1, 0.15) is 17.5 Å². The Kier molecular flexibility index (Phi) is 5.34. The monoisotopic (exact) mass is 366 g/mol. The van der Waals surface area contributed by atoms with Crippen molar-refractivity contribution in [2.45, 2.75) is 26.3 Å². The third-order valence-corrected chi connectivity index (χ3v) is 7.16. The number of carbonyl (C=O) groups is 1. The zero-order valence-electron chi connectivity index (χ0n) is 15.0. The molecule has 0 bridgehead atoms. The SMILES string of the molecule is Cc1cccc(N2CC[NH+](CC(=O)N[C@H]3CCS(=O)(=O)C3)CC2)c1C. The molecule has 0 saturated carbocycles. The molecule has 2 heterocycles. The molecule has 0 spiro atoms. The van der Waals surface area contributed by atoms with Gasteiger partial charge in [-0.1, -0.05) is 12.1 Å². The summed E-state index contributed by atoms with van der Waals surface area (Å²) in [4.78, 5) is 15.8. The molecule has 2 aliphatic heterocycles. The van der Waals surface area contributed by atoms with E-state index in [1.807, 2.05) is 0 Å². The van der Waals surface area contributed by atoms with E-state index < -0.39 is 9.84 Å². The van der Waals surface area contributed by atoms with Crippen LogP contribution < -0.4 is 15.1 Å². The fourth-order valence-electron chi connectivity index (χ4n) is 3.73. The lowest BCUT2D eigenvalue weighted by Crippen LogP contribution is -3.16. The molecular weight excluding hydrogens is 338 g/mol. The number of amides is 1. The van der Waals surface area contributed by atoms with Gasteiger partial charge < -0.3 is 15.1 Å². The molecule has 25 heavy (non-hydrogen) atoms. The number of hydrogen-bond acceptors (Lipinski definition) is 4. The van der Waals surface area contributed by atoms with Crippen molar-refractivity contribution in [1.82, 2.24) is 5.32 Å². The van der Waals surface area contributed by atoms with Gasteiger partial charge in [0.15, 0.2) is 16.4 Å². The van der Waals surface area contributed by atoms with Gasteiger partial charge in [-0.2, -0.15) is 0 Å². The van der Waals surface area contributed by atoms with Crippen LogP contribution in [0.2, 0.25) is 0 Å². The molecule has 6 nitrogen and oxygen atoms in total. The molecular formula is C18H28N3O3S+. The topological polar surface area (TPSA) is 70.9 Å². The Morgan fingerprint density at radius 3 is 2.64 bits per heavy atom. The summed E-state index contributed by atoms with van der Waals surface area (Å²) in [6, 6.07) is 6.20. The summed E-state index contributed by atoms with van der Waals surface area (Å²) in [6.45, 7) is 8.43. The summed E-state index contributed by atoms with van der Waals surface area (Å²) in [5, 5.41) is 2.89. The highest BCUT2D eigenvalue weighted by molar-refractivity contribution is 7.91. The molecule has 2 fully saturated rings. The van der Waals surface area contributed by atoms with E-state index in [4.69, 9.17) is 0 Å². The molecule has 2 saturated heterocycles. The number of anilines is 1. The van der Waals surface area contributed by atoms with Gasteiger partial charge in [-0.3, -0.25) is 4.79 Å². The third-order valence-electron chi connectivity index (χ3n) is 5.40. The number of aryl methyl sites for hydroxylation is 1. The van der Waals surface area contributed by atoms with Gasteiger partial charge >= 0.3 is 0 Å². The fraction of sp³-hybridized carbons (Fsp3) is 0.611. The summed E-state index contributed by atoms with van der Waals surface area (Å²) in [6.07, 6.45) is 0.545. The van der Waals surface area contributed by atoms with Gasteiger partial charge in [0.05, 0.1) is 37.7 Å². The average molecular weight is 367 g/mol. The van der Waals surface area contributed by atoms with Crippen molar-refractivity contribution in [3.63, 3.8) is 0 Å². The summed E-state index contributed by atoms with van der Waals surface area (Å²) < 4.78 is 22.9. The smallest absolute Gasteiger partial charge is 0.275 e. The van der Waals surface area contributed by atoms with E-state index in [0.29, 0.717) is 13.0 Å². The van der Waals surface area contributed by atoms with Gasteiger partial charge in [0.25, 0.3) is 5.91 Å². The molecule has 138 valence electrons. The first-order chi connectivity index (χ1) is 11.8. The number of sulfone groups is 1. The predicted molar refractivity (Wildman–Crippen MR) is 98.9 cm³/mol. The quantitative estimate of drug-likeness (QED) is 0.740. The lowest BCUT2D eigenvalue weighted by atomic mass is 10.1. The second-order valence-corrected chi connectivity index (χ2v) is 9.53. The Morgan fingerprint density at radius 1 is 1.28 bits per heavy atom. The molecule has 0 aliphatic carbocycles. The van der Waals surface area contributed by atoms with Gasteiger partial charge in [-0.05, 0) is 37.5 Å². The van der Waals surface area contributed by atoms with Crippen LogP contribution in [0.25, 0.3) is 0 Å². The maximum atomic E-state index is 12.2. The van der Waals surface area contributed by atoms with Gasteiger partial charge in [0, 0.05) is 11.7 Å².